The number of nitrogens with one attached hydrogen (secondary N) is 1. The molecule has 0 aromatic carbocycles. The molecular weight excluding hydrogens is 133 g/mol. The molecule has 0 saturated carbocycles. The monoisotopic (exact) mass is 149 g/mol. The minimum Gasteiger partial charge on any atom is -0.302 e. The zero-order chi connectivity index (χ0) is 7.82. The van der Waals surface area contributed by atoms with Crippen molar-refractivity contribution in [1.29, 1.82) is 0 Å². The van der Waals surface area contributed by atoms with Crippen LogP contribution in [0.4, 0.5) is 4.39 Å². The summed E-state index contributed by atoms with van der Waals surface area (Å²) in [5.41, 5.74) is 2.68. The highest BCUT2D eigenvalue weighted by molar-refractivity contribution is 4.38. The van der Waals surface area contributed by atoms with E-state index in [4.69, 9.17) is 4.84 Å². The molecule has 0 rings (SSSR count). The predicted octanol–water partition coefficient (Wildman–Crippen LogP) is 1.52. The Morgan fingerprint density at radius 1 is 1.50 bits per heavy atom. The predicted molar refractivity (Wildman–Crippen MR) is 39.4 cm³/mol. The molecule has 0 bridgehead atoms. The first kappa shape index (κ1) is 9.85. The van der Waals surface area contributed by atoms with Gasteiger partial charge in [0.2, 0.25) is 0 Å². The molecule has 0 radical (unpaired) electrons. The lowest BCUT2D eigenvalue weighted by atomic mass is 10.2. The first-order valence-electron chi connectivity index (χ1n) is 3.68. The zero-order valence-electron chi connectivity index (χ0n) is 6.69. The second-order valence-electron chi connectivity index (χ2n) is 2.64. The van der Waals surface area contributed by atoms with E-state index in [9.17, 15) is 4.39 Å². The summed E-state index contributed by atoms with van der Waals surface area (Å²) in [4.78, 5) is 4.98. The maximum atomic E-state index is 11.5. The summed E-state index contributed by atoms with van der Waals surface area (Å²) in [5.74, 6) is 0.526. The summed E-state index contributed by atoms with van der Waals surface area (Å²) in [6.45, 7) is 5.14. The summed E-state index contributed by atoms with van der Waals surface area (Å²) in [6.07, 6.45) is 0.526. The van der Waals surface area contributed by atoms with E-state index in [0.29, 0.717) is 25.5 Å². The van der Waals surface area contributed by atoms with Crippen LogP contribution in [0.3, 0.4) is 0 Å². The quantitative estimate of drug-likeness (QED) is 0.456. The molecular formula is C7H16FNO. The minimum atomic E-state index is -0.280. The Morgan fingerprint density at radius 3 is 2.70 bits per heavy atom. The fraction of sp³-hybridized carbons (Fsp3) is 1.00. The number of alkyl halides is 1. The van der Waals surface area contributed by atoms with Crippen LogP contribution in [-0.2, 0) is 4.84 Å². The summed E-state index contributed by atoms with van der Waals surface area (Å²) in [6, 6.07) is 0. The van der Waals surface area contributed by atoms with Gasteiger partial charge in [0.15, 0.2) is 0 Å². The molecule has 2 nitrogen and oxygen atoms in total. The average Bonchev–Trinajstić information content (AvgIpc) is 1.87. The van der Waals surface area contributed by atoms with E-state index >= 15 is 0 Å². The van der Waals surface area contributed by atoms with Crippen LogP contribution in [0.25, 0.3) is 0 Å². The van der Waals surface area contributed by atoms with Gasteiger partial charge in [0, 0.05) is 6.54 Å². The molecule has 0 atom stereocenters. The molecule has 0 amide bonds. The third-order valence-electron chi connectivity index (χ3n) is 0.931. The lowest BCUT2D eigenvalue weighted by Crippen LogP contribution is -2.19. The highest BCUT2D eigenvalue weighted by Gasteiger charge is 1.91. The molecule has 0 aliphatic carbocycles. The highest BCUT2D eigenvalue weighted by atomic mass is 19.1. The molecule has 0 aliphatic rings. The van der Waals surface area contributed by atoms with Crippen LogP contribution in [0, 0.1) is 5.92 Å². The van der Waals surface area contributed by atoms with Gasteiger partial charge in [-0.1, -0.05) is 13.8 Å². The van der Waals surface area contributed by atoms with Crippen molar-refractivity contribution in [2.24, 2.45) is 5.92 Å². The van der Waals surface area contributed by atoms with Crippen LogP contribution in [0.5, 0.6) is 0 Å². The van der Waals surface area contributed by atoms with Crippen LogP contribution < -0.4 is 5.48 Å². The first-order valence-corrected chi connectivity index (χ1v) is 3.68. The number of hydrogen-bond donors (Lipinski definition) is 1. The maximum absolute atomic E-state index is 11.5. The normalized spacial score (nSPS) is 10.8. The van der Waals surface area contributed by atoms with Crippen LogP contribution >= 0.6 is 0 Å². The standard InChI is InChI=1S/C7H16FNO/c1-7(2)6-10-9-5-3-4-8/h7,9H,3-6H2,1-2H3. The van der Waals surface area contributed by atoms with Crippen molar-refractivity contribution in [1.82, 2.24) is 5.48 Å². The maximum Gasteiger partial charge on any atom is 0.0907 e. The lowest BCUT2D eigenvalue weighted by Gasteiger charge is -2.05. The Labute approximate surface area is 61.7 Å². The van der Waals surface area contributed by atoms with Crippen LogP contribution in [0.1, 0.15) is 20.3 Å². The summed E-state index contributed by atoms with van der Waals surface area (Å²) < 4.78 is 11.5. The molecule has 3 heteroatoms. The van der Waals surface area contributed by atoms with Gasteiger partial charge >= 0.3 is 0 Å². The Hall–Kier alpha value is -0.150. The fourth-order valence-corrected chi connectivity index (χ4v) is 0.437. The van der Waals surface area contributed by atoms with E-state index in [1.54, 1.807) is 0 Å². The molecule has 0 heterocycles. The Bertz CT molecular complexity index is 68.6. The van der Waals surface area contributed by atoms with Crippen LogP contribution in [-0.4, -0.2) is 19.8 Å². The molecule has 0 aliphatic heterocycles. The van der Waals surface area contributed by atoms with Crippen molar-refractivity contribution in [3.05, 3.63) is 0 Å². The molecule has 0 saturated heterocycles. The van der Waals surface area contributed by atoms with E-state index in [-0.39, 0.29) is 6.67 Å². The number of halogens is 1. The average molecular weight is 149 g/mol. The van der Waals surface area contributed by atoms with E-state index in [2.05, 4.69) is 19.3 Å². The van der Waals surface area contributed by atoms with Gasteiger partial charge in [0.05, 0.1) is 13.3 Å². The highest BCUT2D eigenvalue weighted by Crippen LogP contribution is 1.89. The third-order valence-corrected chi connectivity index (χ3v) is 0.931. The van der Waals surface area contributed by atoms with Crippen LogP contribution in [0.2, 0.25) is 0 Å². The lowest BCUT2D eigenvalue weighted by molar-refractivity contribution is 0.0227. The molecule has 1 N–H and O–H groups in total. The smallest absolute Gasteiger partial charge is 0.0907 e. The second kappa shape index (κ2) is 6.96. The van der Waals surface area contributed by atoms with Gasteiger partial charge in [0.1, 0.15) is 0 Å². The van der Waals surface area contributed by atoms with Crippen LogP contribution in [0.15, 0.2) is 0 Å². The van der Waals surface area contributed by atoms with Gasteiger partial charge in [-0.05, 0) is 12.3 Å². The summed E-state index contributed by atoms with van der Waals surface area (Å²) >= 11 is 0. The number of hydrogen-bond acceptors (Lipinski definition) is 2. The minimum absolute atomic E-state index is 0.280. The fourth-order valence-electron chi connectivity index (χ4n) is 0.437. The molecule has 0 unspecified atom stereocenters. The molecule has 0 spiro atoms. The second-order valence-corrected chi connectivity index (χ2v) is 2.64. The molecule has 0 aromatic rings. The Kier molecular flexibility index (Phi) is 6.86. The zero-order valence-corrected chi connectivity index (χ0v) is 6.69. The van der Waals surface area contributed by atoms with Gasteiger partial charge in [-0.25, -0.2) is 5.48 Å². The van der Waals surface area contributed by atoms with Crippen molar-refractivity contribution in [2.45, 2.75) is 20.3 Å². The number of rotatable bonds is 6. The summed E-state index contributed by atoms with van der Waals surface area (Å²) in [7, 11) is 0. The van der Waals surface area contributed by atoms with Gasteiger partial charge in [-0.2, -0.15) is 0 Å². The Balaban J connectivity index is 2.77. The van der Waals surface area contributed by atoms with Crippen molar-refractivity contribution in [3.63, 3.8) is 0 Å². The van der Waals surface area contributed by atoms with Crippen molar-refractivity contribution in [3.8, 4) is 0 Å². The van der Waals surface area contributed by atoms with E-state index in [1.807, 2.05) is 0 Å². The molecule has 0 fully saturated rings. The third kappa shape index (κ3) is 7.85. The van der Waals surface area contributed by atoms with Gasteiger partial charge in [-0.3, -0.25) is 4.39 Å². The van der Waals surface area contributed by atoms with Crippen molar-refractivity contribution >= 4 is 0 Å². The topological polar surface area (TPSA) is 21.3 Å². The Morgan fingerprint density at radius 2 is 2.20 bits per heavy atom. The first-order chi connectivity index (χ1) is 4.77. The van der Waals surface area contributed by atoms with Gasteiger partial charge in [-0.15, -0.1) is 0 Å². The number of hydroxylamine groups is 1. The van der Waals surface area contributed by atoms with E-state index < -0.39 is 0 Å². The van der Waals surface area contributed by atoms with E-state index in [1.165, 1.54) is 0 Å². The SMILES string of the molecule is CC(C)CONCCCF. The van der Waals surface area contributed by atoms with Crippen molar-refractivity contribution < 1.29 is 9.23 Å². The van der Waals surface area contributed by atoms with Gasteiger partial charge in [0.25, 0.3) is 0 Å². The molecule has 0 aromatic heterocycles. The molecule has 10 heavy (non-hydrogen) atoms. The summed E-state index contributed by atoms with van der Waals surface area (Å²) in [5, 5.41) is 0. The largest absolute Gasteiger partial charge is 0.302 e. The molecule has 62 valence electrons. The van der Waals surface area contributed by atoms with Gasteiger partial charge < -0.3 is 4.84 Å². The van der Waals surface area contributed by atoms with E-state index in [0.717, 1.165) is 0 Å². The van der Waals surface area contributed by atoms with Crippen molar-refractivity contribution in [2.75, 3.05) is 19.8 Å².